The minimum absolute atomic E-state index is 0.114. The Morgan fingerprint density at radius 1 is 1.20 bits per heavy atom. The number of alkyl halides is 3. The zero-order valence-corrected chi connectivity index (χ0v) is 11.5. The summed E-state index contributed by atoms with van der Waals surface area (Å²) in [6, 6.07) is 7.85. The maximum Gasteiger partial charge on any atom is 0.389 e. The zero-order valence-electron chi connectivity index (χ0n) is 11.5. The van der Waals surface area contributed by atoms with E-state index in [1.54, 1.807) is 0 Å². The Labute approximate surface area is 116 Å². The highest BCUT2D eigenvalue weighted by Crippen LogP contribution is 2.25. The molecule has 20 heavy (non-hydrogen) atoms. The molecule has 0 aliphatic heterocycles. The SMILES string of the molecule is CCNCc1cn(CCCC(F)(F)F)c2ccccc12. The third-order valence-electron chi connectivity index (χ3n) is 3.30. The van der Waals surface area contributed by atoms with Gasteiger partial charge in [-0.25, -0.2) is 0 Å². The largest absolute Gasteiger partial charge is 0.389 e. The molecule has 1 N–H and O–H groups in total. The number of halogens is 3. The Bertz CT molecular complexity index is 558. The van der Waals surface area contributed by atoms with Crippen LogP contribution in [0.5, 0.6) is 0 Å². The van der Waals surface area contributed by atoms with Crippen LogP contribution in [0, 0.1) is 0 Å². The second-order valence-electron chi connectivity index (χ2n) is 4.86. The first-order valence-corrected chi connectivity index (χ1v) is 6.85. The van der Waals surface area contributed by atoms with Gasteiger partial charge in [-0.1, -0.05) is 25.1 Å². The van der Waals surface area contributed by atoms with Crippen LogP contribution in [0.2, 0.25) is 0 Å². The first kappa shape index (κ1) is 14.9. The normalized spacial score (nSPS) is 12.2. The van der Waals surface area contributed by atoms with Gasteiger partial charge < -0.3 is 9.88 Å². The molecule has 5 heteroatoms. The fraction of sp³-hybridized carbons (Fsp3) is 0.467. The number of aryl methyl sites for hydroxylation is 1. The summed E-state index contributed by atoms with van der Waals surface area (Å²) in [4.78, 5) is 0. The molecule has 0 aliphatic carbocycles. The van der Waals surface area contributed by atoms with E-state index in [4.69, 9.17) is 0 Å². The lowest BCUT2D eigenvalue weighted by atomic mass is 10.2. The van der Waals surface area contributed by atoms with Crippen LogP contribution in [-0.4, -0.2) is 17.3 Å². The summed E-state index contributed by atoms with van der Waals surface area (Å²) in [6.07, 6.45) is -2.73. The lowest BCUT2D eigenvalue weighted by Gasteiger charge is -2.07. The molecule has 0 fully saturated rings. The summed E-state index contributed by atoms with van der Waals surface area (Å²) in [5, 5.41) is 4.37. The van der Waals surface area contributed by atoms with Crippen molar-refractivity contribution in [3.63, 3.8) is 0 Å². The molecule has 0 radical (unpaired) electrons. The van der Waals surface area contributed by atoms with Crippen molar-refractivity contribution in [3.8, 4) is 0 Å². The van der Waals surface area contributed by atoms with E-state index >= 15 is 0 Å². The van der Waals surface area contributed by atoms with Gasteiger partial charge in [0.1, 0.15) is 0 Å². The zero-order chi connectivity index (χ0) is 14.6. The van der Waals surface area contributed by atoms with Crippen molar-refractivity contribution in [3.05, 3.63) is 36.0 Å². The van der Waals surface area contributed by atoms with E-state index < -0.39 is 12.6 Å². The number of hydrogen-bond donors (Lipinski definition) is 1. The maximum atomic E-state index is 12.2. The fourth-order valence-corrected chi connectivity index (χ4v) is 2.36. The predicted octanol–water partition coefficient (Wildman–Crippen LogP) is 4.09. The molecule has 0 saturated carbocycles. The van der Waals surface area contributed by atoms with Gasteiger partial charge in [0.15, 0.2) is 0 Å². The monoisotopic (exact) mass is 284 g/mol. The molecule has 110 valence electrons. The van der Waals surface area contributed by atoms with Crippen LogP contribution in [-0.2, 0) is 13.1 Å². The number of aromatic nitrogens is 1. The Hall–Kier alpha value is -1.49. The molecule has 1 aromatic carbocycles. The average Bonchev–Trinajstić information content (AvgIpc) is 2.74. The summed E-state index contributed by atoms with van der Waals surface area (Å²) in [7, 11) is 0. The van der Waals surface area contributed by atoms with Crippen molar-refractivity contribution < 1.29 is 13.2 Å². The molecule has 0 saturated heterocycles. The molecule has 0 atom stereocenters. The van der Waals surface area contributed by atoms with E-state index in [0.29, 0.717) is 6.54 Å². The summed E-state index contributed by atoms with van der Waals surface area (Å²) in [6.45, 7) is 4.03. The second-order valence-corrected chi connectivity index (χ2v) is 4.86. The Balaban J connectivity index is 2.16. The highest BCUT2D eigenvalue weighted by atomic mass is 19.4. The molecular weight excluding hydrogens is 265 g/mol. The number of fused-ring (bicyclic) bond motifs is 1. The van der Waals surface area contributed by atoms with E-state index in [1.807, 2.05) is 42.0 Å². The first-order valence-electron chi connectivity index (χ1n) is 6.85. The molecule has 0 unspecified atom stereocenters. The van der Waals surface area contributed by atoms with Crippen molar-refractivity contribution in [1.29, 1.82) is 0 Å². The van der Waals surface area contributed by atoms with Gasteiger partial charge in [-0.2, -0.15) is 13.2 Å². The molecule has 0 bridgehead atoms. The van der Waals surface area contributed by atoms with Crippen molar-refractivity contribution in [2.75, 3.05) is 6.54 Å². The Morgan fingerprint density at radius 2 is 1.95 bits per heavy atom. The van der Waals surface area contributed by atoms with Gasteiger partial charge in [-0.15, -0.1) is 0 Å². The molecular formula is C15H19F3N2. The van der Waals surface area contributed by atoms with Gasteiger partial charge in [0, 0.05) is 36.6 Å². The molecule has 0 amide bonds. The molecule has 0 spiro atoms. The van der Waals surface area contributed by atoms with Gasteiger partial charge in [0.25, 0.3) is 0 Å². The predicted molar refractivity (Wildman–Crippen MR) is 74.6 cm³/mol. The standard InChI is InChI=1S/C15H19F3N2/c1-2-19-10-12-11-20(9-5-8-15(16,17)18)14-7-4-3-6-13(12)14/h3-4,6-7,11,19H,2,5,8-10H2,1H3. The third-order valence-corrected chi connectivity index (χ3v) is 3.30. The molecule has 2 rings (SSSR count). The molecule has 1 heterocycles. The average molecular weight is 284 g/mol. The first-order chi connectivity index (χ1) is 9.51. The van der Waals surface area contributed by atoms with Gasteiger partial charge in [-0.05, 0) is 24.6 Å². The minimum atomic E-state index is -4.07. The van der Waals surface area contributed by atoms with E-state index in [9.17, 15) is 13.2 Å². The smallest absolute Gasteiger partial charge is 0.347 e. The van der Waals surface area contributed by atoms with Crippen LogP contribution >= 0.6 is 0 Å². The van der Waals surface area contributed by atoms with Crippen LogP contribution in [0.15, 0.2) is 30.5 Å². The van der Waals surface area contributed by atoms with Gasteiger partial charge >= 0.3 is 6.18 Å². The number of nitrogens with one attached hydrogen (secondary N) is 1. The van der Waals surface area contributed by atoms with Gasteiger partial charge in [0.2, 0.25) is 0 Å². The van der Waals surface area contributed by atoms with Crippen molar-refractivity contribution in [1.82, 2.24) is 9.88 Å². The lowest BCUT2D eigenvalue weighted by Crippen LogP contribution is -2.11. The van der Waals surface area contributed by atoms with Crippen LogP contribution in [0.1, 0.15) is 25.3 Å². The Kier molecular flexibility index (Phi) is 4.70. The topological polar surface area (TPSA) is 17.0 Å². The number of nitrogens with zero attached hydrogens (tertiary/aromatic N) is 1. The number of rotatable bonds is 6. The van der Waals surface area contributed by atoms with Gasteiger partial charge in [-0.3, -0.25) is 0 Å². The molecule has 2 nitrogen and oxygen atoms in total. The summed E-state index contributed by atoms with van der Waals surface area (Å²) < 4.78 is 38.6. The lowest BCUT2D eigenvalue weighted by molar-refractivity contribution is -0.135. The van der Waals surface area contributed by atoms with Crippen molar-refractivity contribution >= 4 is 10.9 Å². The highest BCUT2D eigenvalue weighted by Gasteiger charge is 2.26. The number of hydrogen-bond acceptors (Lipinski definition) is 1. The van der Waals surface area contributed by atoms with Crippen LogP contribution < -0.4 is 5.32 Å². The van der Waals surface area contributed by atoms with Crippen molar-refractivity contribution in [2.24, 2.45) is 0 Å². The Morgan fingerprint density at radius 3 is 2.65 bits per heavy atom. The summed E-state index contributed by atoms with van der Waals surface area (Å²) in [5.41, 5.74) is 2.14. The summed E-state index contributed by atoms with van der Waals surface area (Å²) >= 11 is 0. The minimum Gasteiger partial charge on any atom is -0.347 e. The maximum absolute atomic E-state index is 12.2. The quantitative estimate of drug-likeness (QED) is 0.845. The second kappa shape index (κ2) is 6.31. The van der Waals surface area contributed by atoms with E-state index in [0.717, 1.165) is 29.6 Å². The molecule has 1 aromatic heterocycles. The van der Waals surface area contributed by atoms with Crippen molar-refractivity contribution in [2.45, 2.75) is 39.0 Å². The highest BCUT2D eigenvalue weighted by molar-refractivity contribution is 5.83. The third kappa shape index (κ3) is 3.76. The molecule has 2 aromatic rings. The molecule has 0 aliphatic rings. The van der Waals surface area contributed by atoms with E-state index in [-0.39, 0.29) is 6.42 Å². The van der Waals surface area contributed by atoms with E-state index in [1.165, 1.54) is 0 Å². The fourth-order valence-electron chi connectivity index (χ4n) is 2.36. The summed E-state index contributed by atoms with van der Waals surface area (Å²) in [5.74, 6) is 0. The van der Waals surface area contributed by atoms with Crippen LogP contribution in [0.4, 0.5) is 13.2 Å². The number of para-hydroxylation sites is 1. The van der Waals surface area contributed by atoms with E-state index in [2.05, 4.69) is 5.32 Å². The van der Waals surface area contributed by atoms with Gasteiger partial charge in [0.05, 0.1) is 0 Å². The number of benzene rings is 1. The van der Waals surface area contributed by atoms with Crippen LogP contribution in [0.3, 0.4) is 0 Å². The van der Waals surface area contributed by atoms with Crippen LogP contribution in [0.25, 0.3) is 10.9 Å².